The van der Waals surface area contributed by atoms with Gasteiger partial charge in [-0.25, -0.2) is 9.37 Å². The van der Waals surface area contributed by atoms with Gasteiger partial charge in [0.15, 0.2) is 5.65 Å². The van der Waals surface area contributed by atoms with E-state index in [0.29, 0.717) is 0 Å². The fourth-order valence-corrected chi connectivity index (χ4v) is 3.07. The van der Waals surface area contributed by atoms with Crippen LogP contribution in [-0.2, 0) is 7.05 Å². The highest BCUT2D eigenvalue weighted by atomic mass is 19.1. The van der Waals surface area contributed by atoms with Crippen LogP contribution in [0.15, 0.2) is 54.9 Å². The summed E-state index contributed by atoms with van der Waals surface area (Å²) in [6.45, 7) is 2.12. The van der Waals surface area contributed by atoms with Gasteiger partial charge in [0.25, 0.3) is 0 Å². The fraction of sp³-hybridized carbons (Fsp3) is 0.211. The first-order valence-electron chi connectivity index (χ1n) is 8.51. The van der Waals surface area contributed by atoms with Crippen molar-refractivity contribution >= 4 is 11.5 Å². The molecular weight excluding hydrogens is 331 g/mol. The monoisotopic (exact) mass is 350 g/mol. The van der Waals surface area contributed by atoms with Crippen LogP contribution in [0.4, 0.5) is 10.2 Å². The minimum absolute atomic E-state index is 0.0818. The summed E-state index contributed by atoms with van der Waals surface area (Å²) in [4.78, 5) is 4.63. The van der Waals surface area contributed by atoms with E-state index in [1.54, 1.807) is 29.0 Å². The second kappa shape index (κ2) is 6.59. The Morgan fingerprint density at radius 1 is 1.08 bits per heavy atom. The first-order chi connectivity index (χ1) is 12.7. The highest BCUT2D eigenvalue weighted by molar-refractivity contribution is 5.66. The van der Waals surface area contributed by atoms with Crippen LogP contribution in [0.2, 0.25) is 0 Å². The van der Waals surface area contributed by atoms with E-state index in [0.717, 1.165) is 34.8 Å². The molecule has 0 saturated carbocycles. The van der Waals surface area contributed by atoms with Gasteiger partial charge in [0.1, 0.15) is 11.6 Å². The third-order valence-corrected chi connectivity index (χ3v) is 4.45. The molecule has 0 radical (unpaired) electrons. The summed E-state index contributed by atoms with van der Waals surface area (Å²) >= 11 is 0. The third-order valence-electron chi connectivity index (χ3n) is 4.45. The lowest BCUT2D eigenvalue weighted by atomic mass is 10.1. The number of nitrogens with zero attached hydrogens (tertiary/aromatic N) is 5. The van der Waals surface area contributed by atoms with Crippen molar-refractivity contribution in [2.24, 2.45) is 7.05 Å². The Hall–Kier alpha value is -3.22. The number of rotatable bonds is 5. The summed E-state index contributed by atoms with van der Waals surface area (Å²) in [5.41, 5.74) is 3.44. The molecule has 0 aliphatic carbocycles. The van der Waals surface area contributed by atoms with Crippen molar-refractivity contribution in [2.75, 3.05) is 5.32 Å². The number of benzene rings is 1. The average molecular weight is 350 g/mol. The van der Waals surface area contributed by atoms with E-state index in [1.165, 1.54) is 12.1 Å². The maximum Gasteiger partial charge on any atom is 0.157 e. The Bertz CT molecular complexity index is 1030. The number of hydrogen-bond acceptors (Lipinski definition) is 4. The van der Waals surface area contributed by atoms with Crippen LogP contribution in [0.3, 0.4) is 0 Å². The fourth-order valence-electron chi connectivity index (χ4n) is 3.07. The predicted molar refractivity (Wildman–Crippen MR) is 98.2 cm³/mol. The Morgan fingerprint density at radius 2 is 1.85 bits per heavy atom. The number of nitrogens with one attached hydrogen (secondary N) is 1. The molecule has 1 aromatic carbocycles. The molecule has 7 heteroatoms. The highest BCUT2D eigenvalue weighted by Gasteiger charge is 2.16. The molecule has 3 heterocycles. The Labute approximate surface area is 150 Å². The zero-order valence-corrected chi connectivity index (χ0v) is 14.6. The Kier molecular flexibility index (Phi) is 4.12. The van der Waals surface area contributed by atoms with Crippen LogP contribution in [0.5, 0.6) is 0 Å². The molecule has 0 saturated heterocycles. The standard InChI is InChI=1S/C19H19FN6/c1-3-15(17-8-10-21-25(17)2)23-19-12-16(13-4-6-14(20)7-5-13)24-18-9-11-22-26(18)19/h4-12,15,23H,3H2,1-2H3/t15-/m1/s1. The van der Waals surface area contributed by atoms with Gasteiger partial charge < -0.3 is 5.32 Å². The van der Waals surface area contributed by atoms with Crippen LogP contribution in [0, 0.1) is 5.82 Å². The number of fused-ring (bicyclic) bond motifs is 1. The second-order valence-corrected chi connectivity index (χ2v) is 6.12. The molecule has 3 aromatic heterocycles. The van der Waals surface area contributed by atoms with Gasteiger partial charge in [0, 0.05) is 30.9 Å². The minimum Gasteiger partial charge on any atom is -0.362 e. The van der Waals surface area contributed by atoms with Crippen molar-refractivity contribution in [3.05, 3.63) is 66.4 Å². The van der Waals surface area contributed by atoms with Gasteiger partial charge >= 0.3 is 0 Å². The normalized spacial score (nSPS) is 12.4. The number of hydrogen-bond donors (Lipinski definition) is 1. The maximum absolute atomic E-state index is 13.2. The van der Waals surface area contributed by atoms with E-state index in [2.05, 4.69) is 27.4 Å². The molecule has 0 aliphatic heterocycles. The van der Waals surface area contributed by atoms with Crippen molar-refractivity contribution in [2.45, 2.75) is 19.4 Å². The van der Waals surface area contributed by atoms with Gasteiger partial charge in [-0.3, -0.25) is 4.68 Å². The summed E-state index contributed by atoms with van der Waals surface area (Å²) in [5, 5.41) is 12.2. The van der Waals surface area contributed by atoms with Crippen molar-refractivity contribution < 1.29 is 4.39 Å². The van der Waals surface area contributed by atoms with Gasteiger partial charge in [-0.2, -0.15) is 14.7 Å². The summed E-state index contributed by atoms with van der Waals surface area (Å²) < 4.78 is 16.9. The molecule has 0 unspecified atom stereocenters. The largest absolute Gasteiger partial charge is 0.362 e. The molecule has 6 nitrogen and oxygen atoms in total. The quantitative estimate of drug-likeness (QED) is 0.594. The zero-order valence-electron chi connectivity index (χ0n) is 14.6. The van der Waals surface area contributed by atoms with Crippen LogP contribution >= 0.6 is 0 Å². The van der Waals surface area contributed by atoms with E-state index in [1.807, 2.05) is 29.9 Å². The molecular formula is C19H19FN6. The predicted octanol–water partition coefficient (Wildman–Crippen LogP) is 3.83. The average Bonchev–Trinajstić information content (AvgIpc) is 3.29. The molecule has 26 heavy (non-hydrogen) atoms. The van der Waals surface area contributed by atoms with Gasteiger partial charge in [0.05, 0.1) is 23.6 Å². The molecule has 4 aromatic rings. The topological polar surface area (TPSA) is 60.0 Å². The van der Waals surface area contributed by atoms with E-state index in [-0.39, 0.29) is 11.9 Å². The van der Waals surface area contributed by atoms with Crippen LogP contribution in [-0.4, -0.2) is 24.4 Å². The van der Waals surface area contributed by atoms with Crippen molar-refractivity contribution in [1.29, 1.82) is 0 Å². The van der Waals surface area contributed by atoms with E-state index in [4.69, 9.17) is 0 Å². The Morgan fingerprint density at radius 3 is 2.54 bits per heavy atom. The number of halogens is 1. The van der Waals surface area contributed by atoms with Gasteiger partial charge in [-0.15, -0.1) is 0 Å². The van der Waals surface area contributed by atoms with E-state index in [9.17, 15) is 4.39 Å². The summed E-state index contributed by atoms with van der Waals surface area (Å²) in [5.74, 6) is 0.562. The summed E-state index contributed by atoms with van der Waals surface area (Å²) in [6, 6.07) is 12.2. The lowest BCUT2D eigenvalue weighted by Gasteiger charge is -2.19. The number of aromatic nitrogens is 5. The second-order valence-electron chi connectivity index (χ2n) is 6.12. The first-order valence-corrected chi connectivity index (χ1v) is 8.51. The van der Waals surface area contributed by atoms with Crippen LogP contribution in [0.1, 0.15) is 25.1 Å². The van der Waals surface area contributed by atoms with Gasteiger partial charge in [-0.1, -0.05) is 6.92 Å². The number of anilines is 1. The molecule has 0 bridgehead atoms. The van der Waals surface area contributed by atoms with E-state index < -0.39 is 0 Å². The van der Waals surface area contributed by atoms with Crippen LogP contribution < -0.4 is 5.32 Å². The SMILES string of the molecule is CC[C@@H](Nc1cc(-c2ccc(F)cc2)nc2ccnn12)c1ccnn1C. The molecule has 1 atom stereocenters. The first kappa shape index (κ1) is 16.3. The summed E-state index contributed by atoms with van der Waals surface area (Å²) in [6.07, 6.45) is 4.39. The molecule has 0 spiro atoms. The van der Waals surface area contributed by atoms with Crippen molar-refractivity contribution in [3.8, 4) is 11.3 Å². The summed E-state index contributed by atoms with van der Waals surface area (Å²) in [7, 11) is 1.93. The minimum atomic E-state index is -0.264. The molecule has 0 fully saturated rings. The highest BCUT2D eigenvalue weighted by Crippen LogP contribution is 2.26. The number of aryl methyl sites for hydroxylation is 1. The molecule has 4 rings (SSSR count). The van der Waals surface area contributed by atoms with Crippen molar-refractivity contribution in [3.63, 3.8) is 0 Å². The smallest absolute Gasteiger partial charge is 0.157 e. The van der Waals surface area contributed by atoms with Gasteiger partial charge in [-0.05, 0) is 36.8 Å². The lowest BCUT2D eigenvalue weighted by molar-refractivity contribution is 0.628. The zero-order chi connectivity index (χ0) is 18.1. The molecule has 1 N–H and O–H groups in total. The third kappa shape index (κ3) is 2.92. The molecule has 0 amide bonds. The Balaban J connectivity index is 1.77. The lowest BCUT2D eigenvalue weighted by Crippen LogP contribution is -2.16. The molecule has 0 aliphatic rings. The van der Waals surface area contributed by atoms with Crippen LogP contribution in [0.25, 0.3) is 16.9 Å². The maximum atomic E-state index is 13.2. The molecule has 132 valence electrons. The van der Waals surface area contributed by atoms with Gasteiger partial charge in [0.2, 0.25) is 0 Å². The van der Waals surface area contributed by atoms with E-state index >= 15 is 0 Å². The van der Waals surface area contributed by atoms with Crippen molar-refractivity contribution in [1.82, 2.24) is 24.4 Å².